The van der Waals surface area contributed by atoms with E-state index < -0.39 is 10.9 Å². The Morgan fingerprint density at radius 2 is 2.25 bits per heavy atom. The molecule has 1 unspecified atom stereocenters. The van der Waals surface area contributed by atoms with Crippen LogP contribution >= 0.6 is 0 Å². The predicted octanol–water partition coefficient (Wildman–Crippen LogP) is 0.761. The van der Waals surface area contributed by atoms with Gasteiger partial charge in [-0.15, -0.1) is 0 Å². The Labute approximate surface area is 114 Å². The van der Waals surface area contributed by atoms with Crippen molar-refractivity contribution in [1.29, 1.82) is 0 Å². The van der Waals surface area contributed by atoms with Crippen molar-refractivity contribution in [3.63, 3.8) is 0 Å². The third kappa shape index (κ3) is 4.14. The number of carboxylic acid groups (broad SMARTS) is 1. The third-order valence-corrected chi connectivity index (χ3v) is 2.47. The average Bonchev–Trinajstić information content (AvgIpc) is 2.42. The molecule has 1 heterocycles. The van der Waals surface area contributed by atoms with Gasteiger partial charge in [0.25, 0.3) is 0 Å². The standard InChI is InChI=1S/C11H15N3O6/c1-19-6-7(20-2)5-12-10-9(14(17)18)4-3-8(13-10)11(15)16/h3-4,7H,5-6H2,1-2H3,(H,12,13)(H,15,16). The van der Waals surface area contributed by atoms with Gasteiger partial charge in [-0.3, -0.25) is 10.1 Å². The third-order valence-electron chi connectivity index (χ3n) is 2.47. The normalized spacial score (nSPS) is 11.9. The van der Waals surface area contributed by atoms with Crippen LogP contribution < -0.4 is 5.32 Å². The summed E-state index contributed by atoms with van der Waals surface area (Å²) in [4.78, 5) is 24.8. The molecule has 0 saturated heterocycles. The van der Waals surface area contributed by atoms with Gasteiger partial charge < -0.3 is 19.9 Å². The number of carbonyl (C=O) groups is 1. The molecule has 1 aromatic heterocycles. The van der Waals surface area contributed by atoms with E-state index in [4.69, 9.17) is 14.6 Å². The molecule has 0 fully saturated rings. The summed E-state index contributed by atoms with van der Waals surface area (Å²) in [6.07, 6.45) is -0.338. The summed E-state index contributed by atoms with van der Waals surface area (Å²) in [5.41, 5.74) is -0.582. The van der Waals surface area contributed by atoms with Gasteiger partial charge in [0.1, 0.15) is 0 Å². The van der Waals surface area contributed by atoms with Crippen LogP contribution in [0.3, 0.4) is 0 Å². The molecule has 1 aromatic rings. The van der Waals surface area contributed by atoms with Gasteiger partial charge in [-0.05, 0) is 6.07 Å². The minimum absolute atomic E-state index is 0.118. The van der Waals surface area contributed by atoms with Gasteiger partial charge >= 0.3 is 11.7 Å². The summed E-state index contributed by atoms with van der Waals surface area (Å²) < 4.78 is 10.00. The Balaban J connectivity index is 2.92. The van der Waals surface area contributed by atoms with Crippen LogP contribution in [0.25, 0.3) is 0 Å². The number of aromatic carboxylic acids is 1. The van der Waals surface area contributed by atoms with Crippen molar-refractivity contribution in [2.45, 2.75) is 6.10 Å². The van der Waals surface area contributed by atoms with Crippen LogP contribution in [0.4, 0.5) is 11.5 Å². The number of rotatable bonds is 8. The van der Waals surface area contributed by atoms with Crippen molar-refractivity contribution in [1.82, 2.24) is 4.98 Å². The molecule has 20 heavy (non-hydrogen) atoms. The second-order valence-electron chi connectivity index (χ2n) is 3.82. The fourth-order valence-corrected chi connectivity index (χ4v) is 1.46. The van der Waals surface area contributed by atoms with Gasteiger partial charge in [-0.1, -0.05) is 0 Å². The van der Waals surface area contributed by atoms with E-state index in [0.29, 0.717) is 0 Å². The zero-order valence-electron chi connectivity index (χ0n) is 11.0. The number of methoxy groups -OCH3 is 2. The molecular formula is C11H15N3O6. The summed E-state index contributed by atoms with van der Waals surface area (Å²) in [5, 5.41) is 22.4. The van der Waals surface area contributed by atoms with Crippen LogP contribution in [0.2, 0.25) is 0 Å². The summed E-state index contributed by atoms with van der Waals surface area (Å²) >= 11 is 0. The number of anilines is 1. The van der Waals surface area contributed by atoms with Crippen molar-refractivity contribution in [2.75, 3.05) is 32.7 Å². The molecule has 0 saturated carbocycles. The highest BCUT2D eigenvalue weighted by atomic mass is 16.6. The van der Waals surface area contributed by atoms with E-state index in [2.05, 4.69) is 10.3 Å². The number of hydrogen-bond acceptors (Lipinski definition) is 7. The molecule has 9 heteroatoms. The molecular weight excluding hydrogens is 270 g/mol. The summed E-state index contributed by atoms with van der Waals surface area (Å²) in [6, 6.07) is 2.17. The maximum atomic E-state index is 10.9. The molecule has 0 spiro atoms. The Bertz CT molecular complexity index is 493. The van der Waals surface area contributed by atoms with E-state index in [1.54, 1.807) is 0 Å². The first-order valence-corrected chi connectivity index (χ1v) is 5.64. The number of nitrogens with one attached hydrogen (secondary N) is 1. The van der Waals surface area contributed by atoms with Gasteiger partial charge in [0, 0.05) is 26.8 Å². The van der Waals surface area contributed by atoms with Crippen molar-refractivity contribution < 1.29 is 24.3 Å². The van der Waals surface area contributed by atoms with Gasteiger partial charge in [0.15, 0.2) is 5.69 Å². The highest BCUT2D eigenvalue weighted by Gasteiger charge is 2.19. The van der Waals surface area contributed by atoms with E-state index in [0.717, 1.165) is 12.1 Å². The van der Waals surface area contributed by atoms with Crippen LogP contribution in [-0.4, -0.2) is 54.5 Å². The topological polar surface area (TPSA) is 124 Å². The number of nitro groups is 1. The zero-order valence-corrected chi connectivity index (χ0v) is 11.0. The second-order valence-corrected chi connectivity index (χ2v) is 3.82. The smallest absolute Gasteiger partial charge is 0.354 e. The lowest BCUT2D eigenvalue weighted by Crippen LogP contribution is -2.27. The van der Waals surface area contributed by atoms with E-state index in [-0.39, 0.29) is 36.5 Å². The lowest BCUT2D eigenvalue weighted by Gasteiger charge is -2.15. The fourth-order valence-electron chi connectivity index (χ4n) is 1.46. The highest BCUT2D eigenvalue weighted by Crippen LogP contribution is 2.22. The molecule has 0 aliphatic heterocycles. The maximum absolute atomic E-state index is 10.9. The SMILES string of the molecule is COCC(CNc1nc(C(=O)O)ccc1[N+](=O)[O-])OC. The van der Waals surface area contributed by atoms with Gasteiger partial charge in [0.05, 0.1) is 17.6 Å². The zero-order chi connectivity index (χ0) is 15.1. The van der Waals surface area contributed by atoms with Crippen LogP contribution in [0.1, 0.15) is 10.5 Å². The lowest BCUT2D eigenvalue weighted by atomic mass is 10.3. The van der Waals surface area contributed by atoms with Gasteiger partial charge in [0.2, 0.25) is 5.82 Å². The molecule has 9 nitrogen and oxygen atoms in total. The van der Waals surface area contributed by atoms with Crippen LogP contribution in [0.15, 0.2) is 12.1 Å². The number of hydrogen-bond donors (Lipinski definition) is 2. The Morgan fingerprint density at radius 3 is 2.75 bits per heavy atom. The first-order valence-electron chi connectivity index (χ1n) is 5.64. The molecule has 0 aliphatic carbocycles. The summed E-state index contributed by atoms with van der Waals surface area (Å²) in [7, 11) is 2.97. The van der Waals surface area contributed by atoms with Crippen molar-refractivity contribution in [3.8, 4) is 0 Å². The van der Waals surface area contributed by atoms with Crippen molar-refractivity contribution in [3.05, 3.63) is 27.9 Å². The minimum atomic E-state index is -1.26. The number of nitrogens with zero attached hydrogens (tertiary/aromatic N) is 2. The average molecular weight is 285 g/mol. The molecule has 0 bridgehead atoms. The van der Waals surface area contributed by atoms with Crippen molar-refractivity contribution >= 4 is 17.5 Å². The fraction of sp³-hybridized carbons (Fsp3) is 0.455. The molecule has 1 atom stereocenters. The number of ether oxygens (including phenoxy) is 2. The van der Waals surface area contributed by atoms with E-state index in [1.807, 2.05) is 0 Å². The Morgan fingerprint density at radius 1 is 1.55 bits per heavy atom. The second kappa shape index (κ2) is 7.36. The van der Waals surface area contributed by atoms with Crippen LogP contribution in [0.5, 0.6) is 0 Å². The van der Waals surface area contributed by atoms with E-state index in [9.17, 15) is 14.9 Å². The number of carboxylic acids is 1. The first kappa shape index (κ1) is 15.8. The highest BCUT2D eigenvalue weighted by molar-refractivity contribution is 5.86. The number of aromatic nitrogens is 1. The molecule has 0 amide bonds. The van der Waals surface area contributed by atoms with Crippen LogP contribution in [-0.2, 0) is 9.47 Å². The van der Waals surface area contributed by atoms with Gasteiger partial charge in [-0.25, -0.2) is 9.78 Å². The first-order chi connectivity index (χ1) is 9.49. The molecule has 1 rings (SSSR count). The molecule has 110 valence electrons. The van der Waals surface area contributed by atoms with E-state index >= 15 is 0 Å². The quantitative estimate of drug-likeness (QED) is 0.530. The maximum Gasteiger partial charge on any atom is 0.354 e. The lowest BCUT2D eigenvalue weighted by molar-refractivity contribution is -0.384. The summed E-state index contributed by atoms with van der Waals surface area (Å²) in [6.45, 7) is 0.483. The monoisotopic (exact) mass is 285 g/mol. The Kier molecular flexibility index (Phi) is 5.81. The predicted molar refractivity (Wildman–Crippen MR) is 69.0 cm³/mol. The van der Waals surface area contributed by atoms with Crippen LogP contribution in [0, 0.1) is 10.1 Å². The molecule has 0 radical (unpaired) electrons. The van der Waals surface area contributed by atoms with Crippen molar-refractivity contribution in [2.24, 2.45) is 0 Å². The largest absolute Gasteiger partial charge is 0.477 e. The van der Waals surface area contributed by atoms with Gasteiger partial charge in [-0.2, -0.15) is 0 Å². The molecule has 0 aromatic carbocycles. The Hall–Kier alpha value is -2.26. The molecule has 0 aliphatic rings. The van der Waals surface area contributed by atoms with E-state index in [1.165, 1.54) is 14.2 Å². The summed E-state index contributed by atoms with van der Waals surface area (Å²) in [5.74, 6) is -1.38. The number of pyridine rings is 1. The molecule has 2 N–H and O–H groups in total. The minimum Gasteiger partial charge on any atom is -0.477 e.